The van der Waals surface area contributed by atoms with Crippen molar-refractivity contribution in [3.63, 3.8) is 0 Å². The quantitative estimate of drug-likeness (QED) is 0.912. The molecule has 0 aliphatic carbocycles. The van der Waals surface area contributed by atoms with Crippen molar-refractivity contribution in [2.24, 2.45) is 0 Å². The second kappa shape index (κ2) is 6.27. The predicted molar refractivity (Wildman–Crippen MR) is 79.8 cm³/mol. The molecule has 0 radical (unpaired) electrons. The van der Waals surface area contributed by atoms with Crippen LogP contribution in [0.4, 0.5) is 0 Å². The van der Waals surface area contributed by atoms with E-state index in [9.17, 15) is 0 Å². The average Bonchev–Trinajstić information content (AvgIpc) is 2.89. The highest BCUT2D eigenvalue weighted by molar-refractivity contribution is 7.99. The Hall–Kier alpha value is -0.550. The van der Waals surface area contributed by atoms with Crippen molar-refractivity contribution in [3.8, 4) is 0 Å². The van der Waals surface area contributed by atoms with Crippen LogP contribution in [-0.4, -0.2) is 49.5 Å². The van der Waals surface area contributed by atoms with E-state index in [1.165, 1.54) is 10.5 Å². The topological polar surface area (TPSA) is 24.5 Å². The van der Waals surface area contributed by atoms with Crippen LogP contribution in [0, 0.1) is 0 Å². The monoisotopic (exact) mass is 278 g/mol. The van der Waals surface area contributed by atoms with E-state index in [0.717, 1.165) is 38.5 Å². The molecule has 2 heterocycles. The summed E-state index contributed by atoms with van der Waals surface area (Å²) >= 11 is 1.95. The number of nitrogens with zero attached hydrogens (tertiary/aromatic N) is 1. The van der Waals surface area contributed by atoms with Gasteiger partial charge in [0.05, 0.1) is 12.7 Å². The molecule has 0 amide bonds. The van der Waals surface area contributed by atoms with Gasteiger partial charge in [0.1, 0.15) is 0 Å². The van der Waals surface area contributed by atoms with E-state index in [1.54, 1.807) is 0 Å². The lowest BCUT2D eigenvalue weighted by Crippen LogP contribution is -2.46. The molecule has 0 spiro atoms. The second-order valence-electron chi connectivity index (χ2n) is 5.20. The molecular formula is C15H22N2OS. The van der Waals surface area contributed by atoms with Crippen LogP contribution >= 0.6 is 11.8 Å². The maximum absolute atomic E-state index is 5.85. The maximum atomic E-state index is 5.85. The number of ether oxygens (including phenoxy) is 1. The molecule has 2 unspecified atom stereocenters. The third kappa shape index (κ3) is 3.14. The van der Waals surface area contributed by atoms with Gasteiger partial charge >= 0.3 is 0 Å². The van der Waals surface area contributed by atoms with Crippen molar-refractivity contribution >= 4 is 11.8 Å². The van der Waals surface area contributed by atoms with E-state index >= 15 is 0 Å². The van der Waals surface area contributed by atoms with Crippen LogP contribution in [0.25, 0.3) is 0 Å². The zero-order valence-corrected chi connectivity index (χ0v) is 12.3. The summed E-state index contributed by atoms with van der Waals surface area (Å²) in [5.41, 5.74) is 1.45. The number of hydrogen-bond acceptors (Lipinski definition) is 4. The summed E-state index contributed by atoms with van der Waals surface area (Å²) in [6, 6.07) is 9.21. The summed E-state index contributed by atoms with van der Waals surface area (Å²) in [7, 11) is 0. The zero-order valence-electron chi connectivity index (χ0n) is 11.5. The van der Waals surface area contributed by atoms with Crippen LogP contribution in [0.2, 0.25) is 0 Å². The first-order valence-electron chi connectivity index (χ1n) is 7.16. The van der Waals surface area contributed by atoms with Gasteiger partial charge in [-0.3, -0.25) is 4.90 Å². The predicted octanol–water partition coefficient (Wildman–Crippen LogP) is 2.14. The van der Waals surface area contributed by atoms with E-state index in [1.807, 2.05) is 11.8 Å². The Labute approximate surface area is 119 Å². The summed E-state index contributed by atoms with van der Waals surface area (Å²) in [5, 5.41) is 3.68. The van der Waals surface area contributed by atoms with Gasteiger partial charge in [0, 0.05) is 36.3 Å². The molecule has 104 valence electrons. The van der Waals surface area contributed by atoms with Gasteiger partial charge in [0.2, 0.25) is 0 Å². The highest BCUT2D eigenvalue weighted by Crippen LogP contribution is 2.37. The van der Waals surface area contributed by atoms with Crippen LogP contribution in [-0.2, 0) is 4.74 Å². The minimum absolute atomic E-state index is 0.339. The van der Waals surface area contributed by atoms with E-state index in [-0.39, 0.29) is 0 Å². The molecule has 0 bridgehead atoms. The second-order valence-corrected chi connectivity index (χ2v) is 6.26. The normalized spacial score (nSPS) is 27.4. The Balaban J connectivity index is 1.53. The largest absolute Gasteiger partial charge is 0.374 e. The number of rotatable bonds is 4. The number of thioether (sulfide) groups is 1. The summed E-state index contributed by atoms with van der Waals surface area (Å²) < 4.78 is 5.85. The lowest BCUT2D eigenvalue weighted by atomic mass is 10.1. The van der Waals surface area contributed by atoms with E-state index in [0.29, 0.717) is 12.1 Å². The van der Waals surface area contributed by atoms with Crippen LogP contribution in [0.15, 0.2) is 29.2 Å². The molecule has 0 aromatic heterocycles. The fourth-order valence-corrected chi connectivity index (χ4v) is 3.99. The van der Waals surface area contributed by atoms with E-state index < -0.39 is 0 Å². The summed E-state index contributed by atoms with van der Waals surface area (Å²) in [4.78, 5) is 3.90. The molecule has 0 saturated carbocycles. The number of benzene rings is 1. The van der Waals surface area contributed by atoms with Gasteiger partial charge in [-0.2, -0.15) is 0 Å². The Bertz CT molecular complexity index is 426. The van der Waals surface area contributed by atoms with Gasteiger partial charge in [-0.15, -0.1) is 11.8 Å². The van der Waals surface area contributed by atoms with Gasteiger partial charge in [-0.25, -0.2) is 0 Å². The number of nitrogens with one attached hydrogen (secondary N) is 1. The Kier molecular flexibility index (Phi) is 4.43. The van der Waals surface area contributed by atoms with E-state index in [2.05, 4.69) is 41.4 Å². The summed E-state index contributed by atoms with van der Waals surface area (Å²) in [6.07, 6.45) is 0.339. The molecule has 2 atom stereocenters. The van der Waals surface area contributed by atoms with Crippen LogP contribution in [0.3, 0.4) is 0 Å². The fraction of sp³-hybridized carbons (Fsp3) is 0.600. The molecular weight excluding hydrogens is 256 g/mol. The molecule has 1 aromatic rings. The molecule has 1 fully saturated rings. The maximum Gasteiger partial charge on any atom is 0.0826 e. The van der Waals surface area contributed by atoms with Gasteiger partial charge in [-0.1, -0.05) is 25.1 Å². The first kappa shape index (κ1) is 13.4. The smallest absolute Gasteiger partial charge is 0.0826 e. The highest BCUT2D eigenvalue weighted by atomic mass is 32.2. The van der Waals surface area contributed by atoms with Crippen molar-refractivity contribution < 1.29 is 4.74 Å². The first-order valence-corrected chi connectivity index (χ1v) is 8.14. The molecule has 4 heteroatoms. The SMILES string of the molecule is CCN1CCOC(CNC2CSc3ccccc32)C1. The van der Waals surface area contributed by atoms with E-state index in [4.69, 9.17) is 4.74 Å². The molecule has 1 aromatic carbocycles. The van der Waals surface area contributed by atoms with Crippen LogP contribution in [0.1, 0.15) is 18.5 Å². The Morgan fingerprint density at radius 2 is 2.32 bits per heavy atom. The summed E-state index contributed by atoms with van der Waals surface area (Å²) in [6.45, 7) is 7.31. The molecule has 1 saturated heterocycles. The molecule has 3 rings (SSSR count). The lowest BCUT2D eigenvalue weighted by Gasteiger charge is -2.32. The number of fused-ring (bicyclic) bond motifs is 1. The summed E-state index contributed by atoms with van der Waals surface area (Å²) in [5.74, 6) is 1.14. The van der Waals surface area contributed by atoms with Gasteiger partial charge in [-0.05, 0) is 18.2 Å². The first-order chi connectivity index (χ1) is 9.36. The van der Waals surface area contributed by atoms with Gasteiger partial charge in [0.15, 0.2) is 0 Å². The third-order valence-corrected chi connectivity index (χ3v) is 5.14. The van der Waals surface area contributed by atoms with Crippen molar-refractivity contribution in [1.29, 1.82) is 0 Å². The van der Waals surface area contributed by atoms with Gasteiger partial charge in [0.25, 0.3) is 0 Å². The number of morpholine rings is 1. The third-order valence-electron chi connectivity index (χ3n) is 3.96. The van der Waals surface area contributed by atoms with Crippen molar-refractivity contribution in [2.75, 3.05) is 38.5 Å². The molecule has 2 aliphatic heterocycles. The van der Waals surface area contributed by atoms with Crippen molar-refractivity contribution in [2.45, 2.75) is 24.0 Å². The van der Waals surface area contributed by atoms with Crippen LogP contribution < -0.4 is 5.32 Å². The van der Waals surface area contributed by atoms with Gasteiger partial charge < -0.3 is 10.1 Å². The molecule has 1 N–H and O–H groups in total. The zero-order chi connectivity index (χ0) is 13.1. The van der Waals surface area contributed by atoms with Crippen molar-refractivity contribution in [1.82, 2.24) is 10.2 Å². The molecule has 3 nitrogen and oxygen atoms in total. The minimum atomic E-state index is 0.339. The van der Waals surface area contributed by atoms with Crippen LogP contribution in [0.5, 0.6) is 0 Å². The Morgan fingerprint density at radius 1 is 1.42 bits per heavy atom. The number of likely N-dealkylation sites (N-methyl/N-ethyl adjacent to an activating group) is 1. The average molecular weight is 278 g/mol. The molecule has 19 heavy (non-hydrogen) atoms. The highest BCUT2D eigenvalue weighted by Gasteiger charge is 2.25. The standard InChI is InChI=1S/C15H22N2OS/c1-2-17-7-8-18-12(10-17)9-16-14-11-19-15-6-4-3-5-13(14)15/h3-6,12,14,16H,2,7-11H2,1H3. The molecule has 2 aliphatic rings. The lowest BCUT2D eigenvalue weighted by molar-refractivity contribution is -0.0261. The van der Waals surface area contributed by atoms with Crippen molar-refractivity contribution in [3.05, 3.63) is 29.8 Å². The number of hydrogen-bond donors (Lipinski definition) is 1. The minimum Gasteiger partial charge on any atom is -0.374 e. The Morgan fingerprint density at radius 3 is 3.21 bits per heavy atom. The fourth-order valence-electron chi connectivity index (χ4n) is 2.80.